The van der Waals surface area contributed by atoms with Crippen LogP contribution in [0.15, 0.2) is 0 Å². The second-order valence-corrected chi connectivity index (χ2v) is 3.40. The van der Waals surface area contributed by atoms with Gasteiger partial charge in [-0.05, 0) is 26.2 Å². The van der Waals surface area contributed by atoms with Crippen molar-refractivity contribution in [1.82, 2.24) is 4.90 Å². The normalized spacial score (nSPS) is 23.8. The van der Waals surface area contributed by atoms with Crippen LogP contribution < -0.4 is 0 Å². The minimum absolute atomic E-state index is 0.175. The summed E-state index contributed by atoms with van der Waals surface area (Å²) in [6.07, 6.45) is 4.60. The van der Waals surface area contributed by atoms with Gasteiger partial charge < -0.3 is 4.90 Å². The Morgan fingerprint density at radius 3 is 2.92 bits per heavy atom. The Bertz CT molecular complexity index is 179. The Morgan fingerprint density at radius 2 is 2.33 bits per heavy atom. The van der Waals surface area contributed by atoms with E-state index in [0.717, 1.165) is 32.2 Å². The number of carbonyl (C=O) groups excluding carboxylic acids is 2. The summed E-state index contributed by atoms with van der Waals surface area (Å²) in [5.74, 6) is 0.175. The summed E-state index contributed by atoms with van der Waals surface area (Å²) in [5.41, 5.74) is 0. The number of hydrogen-bond donors (Lipinski definition) is 0. The molecule has 0 aromatic heterocycles. The number of piperidine rings is 1. The summed E-state index contributed by atoms with van der Waals surface area (Å²) in [6.45, 7) is 2.40. The number of likely N-dealkylation sites (tertiary alicyclic amines) is 1. The van der Waals surface area contributed by atoms with Crippen LogP contribution in [0.1, 0.15) is 32.6 Å². The van der Waals surface area contributed by atoms with Gasteiger partial charge in [0.1, 0.15) is 5.78 Å². The van der Waals surface area contributed by atoms with Crippen molar-refractivity contribution in [2.24, 2.45) is 0 Å². The molecule has 0 radical (unpaired) electrons. The highest BCUT2D eigenvalue weighted by molar-refractivity contribution is 5.76. The van der Waals surface area contributed by atoms with Crippen LogP contribution in [-0.4, -0.2) is 29.7 Å². The van der Waals surface area contributed by atoms with Gasteiger partial charge in [-0.3, -0.25) is 9.59 Å². The SMILES string of the molecule is CC(=O)CC1CCCCN1C=O. The number of hydrogen-bond acceptors (Lipinski definition) is 2. The molecule has 68 valence electrons. The topological polar surface area (TPSA) is 37.4 Å². The van der Waals surface area contributed by atoms with E-state index in [-0.39, 0.29) is 11.8 Å². The molecule has 0 aliphatic carbocycles. The predicted molar refractivity (Wildman–Crippen MR) is 45.7 cm³/mol. The van der Waals surface area contributed by atoms with Gasteiger partial charge in [0.25, 0.3) is 0 Å². The highest BCUT2D eigenvalue weighted by atomic mass is 16.1. The quantitative estimate of drug-likeness (QED) is 0.590. The molecule has 12 heavy (non-hydrogen) atoms. The molecule has 1 aliphatic heterocycles. The minimum atomic E-state index is 0.175. The number of ketones is 1. The fourth-order valence-corrected chi connectivity index (χ4v) is 1.71. The van der Waals surface area contributed by atoms with Gasteiger partial charge in [0.05, 0.1) is 0 Å². The van der Waals surface area contributed by atoms with Crippen molar-refractivity contribution in [2.75, 3.05) is 6.54 Å². The molecule has 1 atom stereocenters. The van der Waals surface area contributed by atoms with Crippen LogP contribution >= 0.6 is 0 Å². The third-order valence-corrected chi connectivity index (χ3v) is 2.33. The highest BCUT2D eigenvalue weighted by Crippen LogP contribution is 2.17. The zero-order valence-electron chi connectivity index (χ0n) is 7.45. The molecule has 1 aliphatic rings. The first-order valence-corrected chi connectivity index (χ1v) is 4.44. The summed E-state index contributed by atoms with van der Waals surface area (Å²) in [6, 6.07) is 0.175. The largest absolute Gasteiger partial charge is 0.342 e. The van der Waals surface area contributed by atoms with E-state index in [1.807, 2.05) is 0 Å². The Hall–Kier alpha value is -0.860. The first-order valence-electron chi connectivity index (χ1n) is 4.44. The molecule has 0 aromatic carbocycles. The van der Waals surface area contributed by atoms with Gasteiger partial charge >= 0.3 is 0 Å². The summed E-state index contributed by atoms with van der Waals surface area (Å²) in [4.78, 5) is 23.2. The van der Waals surface area contributed by atoms with Crippen molar-refractivity contribution >= 4 is 12.2 Å². The van der Waals surface area contributed by atoms with Crippen molar-refractivity contribution in [2.45, 2.75) is 38.6 Å². The molecule has 1 heterocycles. The maximum atomic E-state index is 10.8. The Morgan fingerprint density at radius 1 is 1.58 bits per heavy atom. The second-order valence-electron chi connectivity index (χ2n) is 3.40. The van der Waals surface area contributed by atoms with Crippen molar-refractivity contribution in [3.05, 3.63) is 0 Å². The summed E-state index contributed by atoms with van der Waals surface area (Å²) in [5, 5.41) is 0. The monoisotopic (exact) mass is 169 g/mol. The van der Waals surface area contributed by atoms with E-state index in [1.165, 1.54) is 0 Å². The average molecular weight is 169 g/mol. The molecule has 0 N–H and O–H groups in total. The van der Waals surface area contributed by atoms with Crippen LogP contribution in [0.25, 0.3) is 0 Å². The lowest BCUT2D eigenvalue weighted by atomic mass is 9.99. The molecule has 1 saturated heterocycles. The van der Waals surface area contributed by atoms with Crippen LogP contribution in [0.3, 0.4) is 0 Å². The molecule has 3 heteroatoms. The average Bonchev–Trinajstić information content (AvgIpc) is 2.04. The van der Waals surface area contributed by atoms with E-state index < -0.39 is 0 Å². The summed E-state index contributed by atoms with van der Waals surface area (Å²) < 4.78 is 0. The van der Waals surface area contributed by atoms with E-state index >= 15 is 0 Å². The molecule has 0 spiro atoms. The molecular weight excluding hydrogens is 154 g/mol. The van der Waals surface area contributed by atoms with Crippen molar-refractivity contribution in [1.29, 1.82) is 0 Å². The number of rotatable bonds is 3. The minimum Gasteiger partial charge on any atom is -0.342 e. The number of nitrogens with zero attached hydrogens (tertiary/aromatic N) is 1. The van der Waals surface area contributed by atoms with Crippen LogP contribution in [0.4, 0.5) is 0 Å². The first-order chi connectivity index (χ1) is 5.74. The zero-order chi connectivity index (χ0) is 8.97. The molecule has 1 amide bonds. The van der Waals surface area contributed by atoms with Crippen molar-refractivity contribution < 1.29 is 9.59 Å². The predicted octanol–water partition coefficient (Wildman–Crippen LogP) is 0.976. The number of amides is 1. The molecule has 1 rings (SSSR count). The van der Waals surface area contributed by atoms with Gasteiger partial charge in [0, 0.05) is 19.0 Å². The Kier molecular flexibility index (Phi) is 3.26. The van der Waals surface area contributed by atoms with Gasteiger partial charge in [0.2, 0.25) is 6.41 Å². The highest BCUT2D eigenvalue weighted by Gasteiger charge is 2.21. The van der Waals surface area contributed by atoms with Gasteiger partial charge in [-0.2, -0.15) is 0 Å². The lowest BCUT2D eigenvalue weighted by Gasteiger charge is -2.31. The molecule has 0 bridgehead atoms. The van der Waals surface area contributed by atoms with Gasteiger partial charge in [0.15, 0.2) is 0 Å². The first kappa shape index (κ1) is 9.23. The smallest absolute Gasteiger partial charge is 0.209 e. The maximum Gasteiger partial charge on any atom is 0.209 e. The Balaban J connectivity index is 2.46. The molecular formula is C9H15NO2. The standard InChI is InChI=1S/C9H15NO2/c1-8(12)6-9-4-2-3-5-10(9)7-11/h7,9H,2-6H2,1H3. The van der Waals surface area contributed by atoms with Crippen LogP contribution in [0.5, 0.6) is 0 Å². The van der Waals surface area contributed by atoms with Crippen LogP contribution in [0, 0.1) is 0 Å². The molecule has 0 aromatic rings. The fourth-order valence-electron chi connectivity index (χ4n) is 1.71. The van der Waals surface area contributed by atoms with Gasteiger partial charge in [-0.15, -0.1) is 0 Å². The van der Waals surface area contributed by atoms with E-state index in [4.69, 9.17) is 0 Å². The molecule has 1 unspecified atom stereocenters. The van der Waals surface area contributed by atoms with Crippen molar-refractivity contribution in [3.8, 4) is 0 Å². The summed E-state index contributed by atoms with van der Waals surface area (Å²) >= 11 is 0. The molecule has 3 nitrogen and oxygen atoms in total. The zero-order valence-corrected chi connectivity index (χ0v) is 7.45. The molecule has 1 fully saturated rings. The lowest BCUT2D eigenvalue weighted by Crippen LogP contribution is -2.39. The Labute approximate surface area is 72.7 Å². The fraction of sp³-hybridized carbons (Fsp3) is 0.778. The van der Waals surface area contributed by atoms with Crippen LogP contribution in [0.2, 0.25) is 0 Å². The van der Waals surface area contributed by atoms with E-state index in [9.17, 15) is 9.59 Å². The third-order valence-electron chi connectivity index (χ3n) is 2.33. The van der Waals surface area contributed by atoms with E-state index in [2.05, 4.69) is 0 Å². The molecule has 0 saturated carbocycles. The van der Waals surface area contributed by atoms with E-state index in [1.54, 1.807) is 11.8 Å². The van der Waals surface area contributed by atoms with Crippen LogP contribution in [-0.2, 0) is 9.59 Å². The summed E-state index contributed by atoms with van der Waals surface area (Å²) in [7, 11) is 0. The van der Waals surface area contributed by atoms with Gasteiger partial charge in [-0.25, -0.2) is 0 Å². The lowest BCUT2D eigenvalue weighted by molar-refractivity contribution is -0.124. The van der Waals surface area contributed by atoms with Crippen molar-refractivity contribution in [3.63, 3.8) is 0 Å². The van der Waals surface area contributed by atoms with E-state index in [0.29, 0.717) is 6.42 Å². The van der Waals surface area contributed by atoms with Gasteiger partial charge in [-0.1, -0.05) is 0 Å². The maximum absolute atomic E-state index is 10.8. The second kappa shape index (κ2) is 4.24. The number of Topliss-reactive ketones (excluding diaryl/α,β-unsaturated/α-hetero) is 1. The number of carbonyl (C=O) groups is 2. The third kappa shape index (κ3) is 2.32.